The number of carbonyl (C=O) groups is 1. The molecular weight excluding hydrogens is 331 g/mol. The van der Waals surface area contributed by atoms with Gasteiger partial charge in [-0.2, -0.15) is 0 Å². The van der Waals surface area contributed by atoms with Crippen LogP contribution in [0, 0.1) is 0 Å². The van der Waals surface area contributed by atoms with Crippen LogP contribution in [0.1, 0.15) is 61.5 Å². The molecule has 0 heterocycles. The fourth-order valence-corrected chi connectivity index (χ4v) is 6.24. The Hall–Kier alpha value is -0.770. The van der Waals surface area contributed by atoms with Crippen molar-refractivity contribution in [1.82, 2.24) is 0 Å². The van der Waals surface area contributed by atoms with Gasteiger partial charge in [0.1, 0.15) is 5.75 Å². The molecule has 0 aliphatic heterocycles. The third-order valence-corrected chi connectivity index (χ3v) is 7.65. The lowest BCUT2D eigenvalue weighted by molar-refractivity contribution is 0.0993. The Balaban J connectivity index is 2.33. The van der Waals surface area contributed by atoms with Gasteiger partial charge in [-0.1, -0.05) is 26.3 Å². The lowest BCUT2D eigenvalue weighted by Gasteiger charge is -2.20. The summed E-state index contributed by atoms with van der Waals surface area (Å²) >= 11 is 1.23. The van der Waals surface area contributed by atoms with E-state index in [-0.39, 0.29) is 5.78 Å². The van der Waals surface area contributed by atoms with Crippen LogP contribution in [-0.4, -0.2) is 18.1 Å². The van der Waals surface area contributed by atoms with Gasteiger partial charge < -0.3 is 4.52 Å². The number of fused-ring (bicyclic) bond motifs is 1. The van der Waals surface area contributed by atoms with Crippen LogP contribution in [-0.2, 0) is 21.9 Å². The minimum Gasteiger partial charge on any atom is -0.417 e. The van der Waals surface area contributed by atoms with Gasteiger partial charge in [-0.05, 0) is 49.2 Å². The number of ketones is 1. The van der Waals surface area contributed by atoms with Crippen molar-refractivity contribution in [3.63, 3.8) is 0 Å². The third kappa shape index (κ3) is 4.40. The Labute approximate surface area is 142 Å². The van der Waals surface area contributed by atoms with E-state index < -0.39 is 6.80 Å². The van der Waals surface area contributed by atoms with Gasteiger partial charge in [-0.25, -0.2) is 4.57 Å². The van der Waals surface area contributed by atoms with Crippen molar-refractivity contribution < 1.29 is 18.4 Å². The highest BCUT2D eigenvalue weighted by atomic mass is 32.7. The average Bonchev–Trinajstić information content (AvgIpc) is 2.91. The standard InChI is InChI=1S/C17H25O4PS/c1-4-7-13-8-11-16(14-9-10-15(18)17(13)14)21-22(19,20-6-3)23-12-5-2/h8,11H,4-7,9-10,12H2,1-3H3. The second-order valence-corrected chi connectivity index (χ2v) is 9.66. The van der Waals surface area contributed by atoms with Gasteiger partial charge in [-0.3, -0.25) is 9.32 Å². The van der Waals surface area contributed by atoms with E-state index in [0.29, 0.717) is 31.0 Å². The largest absolute Gasteiger partial charge is 0.440 e. The molecule has 0 spiro atoms. The highest BCUT2D eigenvalue weighted by molar-refractivity contribution is 8.55. The van der Waals surface area contributed by atoms with Gasteiger partial charge in [0.2, 0.25) is 0 Å². The first-order valence-corrected chi connectivity index (χ1v) is 11.4. The molecule has 1 aliphatic rings. The van der Waals surface area contributed by atoms with Gasteiger partial charge in [0.15, 0.2) is 5.78 Å². The Bertz CT molecular complexity index is 615. The molecule has 0 aromatic heterocycles. The van der Waals surface area contributed by atoms with Crippen molar-refractivity contribution in [2.24, 2.45) is 0 Å². The quantitative estimate of drug-likeness (QED) is 0.552. The van der Waals surface area contributed by atoms with Crippen molar-refractivity contribution in [3.8, 4) is 5.75 Å². The molecule has 1 aromatic rings. The van der Waals surface area contributed by atoms with Gasteiger partial charge in [0.25, 0.3) is 0 Å². The number of benzene rings is 1. The number of carbonyl (C=O) groups excluding carboxylic acids is 1. The van der Waals surface area contributed by atoms with E-state index in [2.05, 4.69) is 6.92 Å². The van der Waals surface area contributed by atoms with Gasteiger partial charge in [0, 0.05) is 23.3 Å². The van der Waals surface area contributed by atoms with Gasteiger partial charge in [-0.15, -0.1) is 0 Å². The Morgan fingerprint density at radius 3 is 2.61 bits per heavy atom. The van der Waals surface area contributed by atoms with Gasteiger partial charge in [0.05, 0.1) is 6.61 Å². The number of hydrogen-bond donors (Lipinski definition) is 0. The molecule has 23 heavy (non-hydrogen) atoms. The molecule has 0 saturated heterocycles. The zero-order chi connectivity index (χ0) is 16.9. The molecule has 0 N–H and O–H groups in total. The van der Waals surface area contributed by atoms with Crippen LogP contribution >= 0.6 is 18.2 Å². The second-order valence-electron chi connectivity index (χ2n) is 5.54. The van der Waals surface area contributed by atoms with Crippen LogP contribution in [0.25, 0.3) is 0 Å². The minimum atomic E-state index is -3.23. The fourth-order valence-electron chi connectivity index (χ4n) is 2.77. The summed E-state index contributed by atoms with van der Waals surface area (Å²) in [6, 6.07) is 3.78. The van der Waals surface area contributed by atoms with E-state index in [9.17, 15) is 9.36 Å². The van der Waals surface area contributed by atoms with Crippen molar-refractivity contribution in [3.05, 3.63) is 28.8 Å². The SMILES string of the molecule is CCCSP(=O)(OCC)Oc1ccc(CCC)c2c1CCC2=O. The summed E-state index contributed by atoms with van der Waals surface area (Å²) in [5.74, 6) is 1.43. The lowest BCUT2D eigenvalue weighted by Crippen LogP contribution is -2.02. The van der Waals surface area contributed by atoms with E-state index >= 15 is 0 Å². The zero-order valence-electron chi connectivity index (χ0n) is 14.1. The molecule has 0 radical (unpaired) electrons. The first-order chi connectivity index (χ1) is 11.0. The van der Waals surface area contributed by atoms with Crippen molar-refractivity contribution in [2.45, 2.75) is 52.9 Å². The number of aryl methyl sites for hydroxylation is 1. The molecule has 1 aromatic carbocycles. The van der Waals surface area contributed by atoms with Crippen LogP contribution < -0.4 is 4.52 Å². The lowest BCUT2D eigenvalue weighted by atomic mass is 9.99. The van der Waals surface area contributed by atoms with E-state index in [1.807, 2.05) is 19.1 Å². The number of Topliss-reactive ketones (excluding diaryl/α,β-unsaturated/α-hetero) is 1. The molecule has 128 valence electrons. The highest BCUT2D eigenvalue weighted by Crippen LogP contribution is 2.61. The minimum absolute atomic E-state index is 0.168. The summed E-state index contributed by atoms with van der Waals surface area (Å²) in [5.41, 5.74) is 2.76. The predicted octanol–water partition coefficient (Wildman–Crippen LogP) is 5.43. The van der Waals surface area contributed by atoms with Crippen LogP contribution in [0.5, 0.6) is 5.75 Å². The van der Waals surface area contributed by atoms with E-state index in [4.69, 9.17) is 9.05 Å². The Morgan fingerprint density at radius 2 is 1.96 bits per heavy atom. The first kappa shape index (κ1) is 18.6. The number of rotatable bonds is 9. The summed E-state index contributed by atoms with van der Waals surface area (Å²) in [6.07, 6.45) is 3.93. The molecule has 0 bridgehead atoms. The maximum Gasteiger partial charge on any atom is 0.440 e. The number of hydrogen-bond acceptors (Lipinski definition) is 5. The first-order valence-electron chi connectivity index (χ1n) is 8.31. The maximum absolute atomic E-state index is 12.9. The Morgan fingerprint density at radius 1 is 1.17 bits per heavy atom. The normalized spacial score (nSPS) is 16.2. The predicted molar refractivity (Wildman–Crippen MR) is 95.7 cm³/mol. The summed E-state index contributed by atoms with van der Waals surface area (Å²) < 4.78 is 24.1. The molecule has 1 atom stereocenters. The van der Waals surface area contributed by atoms with Crippen molar-refractivity contribution >= 4 is 24.0 Å². The molecule has 1 aliphatic carbocycles. The summed E-state index contributed by atoms with van der Waals surface area (Å²) in [4.78, 5) is 12.2. The highest BCUT2D eigenvalue weighted by Gasteiger charge is 2.31. The smallest absolute Gasteiger partial charge is 0.417 e. The van der Waals surface area contributed by atoms with Crippen LogP contribution in [0.3, 0.4) is 0 Å². The maximum atomic E-state index is 12.9. The molecule has 0 fully saturated rings. The summed E-state index contributed by atoms with van der Waals surface area (Å²) in [5, 5.41) is 0. The van der Waals surface area contributed by atoms with Gasteiger partial charge >= 0.3 is 6.80 Å². The molecule has 1 unspecified atom stereocenters. The summed E-state index contributed by atoms with van der Waals surface area (Å²) in [7, 11) is 0. The zero-order valence-corrected chi connectivity index (χ0v) is 15.8. The van der Waals surface area contributed by atoms with E-state index in [1.54, 1.807) is 6.92 Å². The van der Waals surface area contributed by atoms with Crippen molar-refractivity contribution in [2.75, 3.05) is 12.4 Å². The molecule has 6 heteroatoms. The van der Waals surface area contributed by atoms with Crippen LogP contribution in [0.4, 0.5) is 0 Å². The van der Waals surface area contributed by atoms with Crippen LogP contribution in [0.15, 0.2) is 12.1 Å². The fraction of sp³-hybridized carbons (Fsp3) is 0.588. The monoisotopic (exact) mass is 356 g/mol. The Kier molecular flexibility index (Phi) is 6.75. The van der Waals surface area contributed by atoms with Crippen molar-refractivity contribution in [1.29, 1.82) is 0 Å². The molecule has 4 nitrogen and oxygen atoms in total. The topological polar surface area (TPSA) is 52.6 Å². The molecule has 0 saturated carbocycles. The average molecular weight is 356 g/mol. The van der Waals surface area contributed by atoms with E-state index in [0.717, 1.165) is 36.0 Å². The van der Waals surface area contributed by atoms with E-state index in [1.165, 1.54) is 11.4 Å². The molecular formula is C17H25O4PS. The second kappa shape index (κ2) is 8.36. The van der Waals surface area contributed by atoms with Crippen LogP contribution in [0.2, 0.25) is 0 Å². The third-order valence-electron chi connectivity index (χ3n) is 3.71. The molecule has 2 rings (SSSR count). The molecule has 0 amide bonds. The summed E-state index contributed by atoms with van der Waals surface area (Å²) in [6.45, 7) is 3.03.